The SMILES string of the molecule is CCCCCC(C)(C)CNc1ncnc(OCCC)c1N. The normalized spacial score (nSPS) is 11.4. The molecule has 0 aliphatic rings. The van der Waals surface area contributed by atoms with Crippen LogP contribution in [0.1, 0.15) is 59.8 Å². The summed E-state index contributed by atoms with van der Waals surface area (Å²) in [6.45, 7) is 10.3. The number of nitrogens with zero attached hydrogens (tertiary/aromatic N) is 2. The highest BCUT2D eigenvalue weighted by Crippen LogP contribution is 2.28. The Labute approximate surface area is 128 Å². The van der Waals surface area contributed by atoms with Gasteiger partial charge in [-0.3, -0.25) is 0 Å². The molecule has 0 saturated carbocycles. The van der Waals surface area contributed by atoms with E-state index in [9.17, 15) is 0 Å². The maximum Gasteiger partial charge on any atom is 0.242 e. The molecule has 5 heteroatoms. The second kappa shape index (κ2) is 8.70. The number of nitrogen functional groups attached to an aromatic ring is 1. The van der Waals surface area contributed by atoms with E-state index in [1.54, 1.807) is 0 Å². The molecule has 0 aliphatic heterocycles. The van der Waals surface area contributed by atoms with E-state index in [2.05, 4.69) is 43.0 Å². The van der Waals surface area contributed by atoms with Crippen molar-refractivity contribution < 1.29 is 4.74 Å². The number of anilines is 2. The zero-order valence-corrected chi connectivity index (χ0v) is 13.9. The van der Waals surface area contributed by atoms with Crippen LogP contribution < -0.4 is 15.8 Å². The number of hydrogen-bond acceptors (Lipinski definition) is 5. The molecule has 3 N–H and O–H groups in total. The standard InChI is InChI=1S/C16H30N4O/c1-5-7-8-9-16(3,4)11-18-14-13(17)15(20-12-19-14)21-10-6-2/h12H,5-11,17H2,1-4H3,(H,18,19,20). The maximum absolute atomic E-state index is 6.06. The molecule has 5 nitrogen and oxygen atoms in total. The highest BCUT2D eigenvalue weighted by Gasteiger charge is 2.18. The van der Waals surface area contributed by atoms with Gasteiger partial charge < -0.3 is 15.8 Å². The summed E-state index contributed by atoms with van der Waals surface area (Å²) in [5.41, 5.74) is 6.78. The summed E-state index contributed by atoms with van der Waals surface area (Å²) in [5, 5.41) is 3.34. The summed E-state index contributed by atoms with van der Waals surface area (Å²) >= 11 is 0. The Balaban J connectivity index is 2.58. The first-order chi connectivity index (χ1) is 10.00. The first-order valence-corrected chi connectivity index (χ1v) is 7.97. The third-order valence-corrected chi connectivity index (χ3v) is 3.48. The van der Waals surface area contributed by atoms with Gasteiger partial charge in [0.25, 0.3) is 0 Å². The minimum atomic E-state index is 0.219. The lowest BCUT2D eigenvalue weighted by atomic mass is 9.87. The summed E-state index contributed by atoms with van der Waals surface area (Å²) < 4.78 is 5.52. The zero-order chi connectivity index (χ0) is 15.7. The monoisotopic (exact) mass is 294 g/mol. The fourth-order valence-corrected chi connectivity index (χ4v) is 2.10. The largest absolute Gasteiger partial charge is 0.476 e. The lowest BCUT2D eigenvalue weighted by Gasteiger charge is -2.25. The fraction of sp³-hybridized carbons (Fsp3) is 0.750. The van der Waals surface area contributed by atoms with Crippen LogP contribution in [0.15, 0.2) is 6.33 Å². The number of nitrogens with one attached hydrogen (secondary N) is 1. The van der Waals surface area contributed by atoms with Crippen molar-refractivity contribution in [2.24, 2.45) is 5.41 Å². The van der Waals surface area contributed by atoms with Crippen LogP contribution >= 0.6 is 0 Å². The van der Waals surface area contributed by atoms with Crippen molar-refractivity contribution in [3.8, 4) is 5.88 Å². The van der Waals surface area contributed by atoms with Crippen molar-refractivity contribution in [2.75, 3.05) is 24.2 Å². The van der Waals surface area contributed by atoms with Gasteiger partial charge in [0.05, 0.1) is 6.61 Å². The molecule has 1 heterocycles. The first-order valence-electron chi connectivity index (χ1n) is 7.97. The molecule has 0 bridgehead atoms. The average molecular weight is 294 g/mol. The molecule has 0 aromatic carbocycles. The van der Waals surface area contributed by atoms with E-state index in [1.165, 1.54) is 32.0 Å². The van der Waals surface area contributed by atoms with Crippen LogP contribution in [0.2, 0.25) is 0 Å². The van der Waals surface area contributed by atoms with Gasteiger partial charge in [-0.2, -0.15) is 4.98 Å². The maximum atomic E-state index is 6.06. The van der Waals surface area contributed by atoms with Gasteiger partial charge in [-0.05, 0) is 18.3 Å². The van der Waals surface area contributed by atoms with Gasteiger partial charge >= 0.3 is 0 Å². The average Bonchev–Trinajstić information content (AvgIpc) is 2.45. The number of unbranched alkanes of at least 4 members (excludes halogenated alkanes) is 2. The number of nitrogens with two attached hydrogens (primary N) is 1. The Morgan fingerprint density at radius 3 is 2.62 bits per heavy atom. The third kappa shape index (κ3) is 6.19. The van der Waals surface area contributed by atoms with E-state index >= 15 is 0 Å². The Hall–Kier alpha value is -1.52. The lowest BCUT2D eigenvalue weighted by Crippen LogP contribution is -2.24. The molecule has 0 radical (unpaired) electrons. The first kappa shape index (κ1) is 17.5. The number of ether oxygens (including phenoxy) is 1. The van der Waals surface area contributed by atoms with Gasteiger partial charge in [-0.25, -0.2) is 4.98 Å². The third-order valence-electron chi connectivity index (χ3n) is 3.48. The van der Waals surface area contributed by atoms with E-state index in [4.69, 9.17) is 10.5 Å². The van der Waals surface area contributed by atoms with Crippen molar-refractivity contribution in [2.45, 2.75) is 59.8 Å². The van der Waals surface area contributed by atoms with Crippen molar-refractivity contribution >= 4 is 11.5 Å². The topological polar surface area (TPSA) is 73.1 Å². The van der Waals surface area contributed by atoms with E-state index in [1.807, 2.05) is 0 Å². The molecule has 1 rings (SSSR count). The summed E-state index contributed by atoms with van der Waals surface area (Å²) in [7, 11) is 0. The number of hydrogen-bond donors (Lipinski definition) is 2. The molecule has 0 spiro atoms. The second-order valence-electron chi connectivity index (χ2n) is 6.26. The van der Waals surface area contributed by atoms with E-state index in [0.29, 0.717) is 24.0 Å². The van der Waals surface area contributed by atoms with E-state index in [0.717, 1.165) is 13.0 Å². The predicted molar refractivity (Wildman–Crippen MR) is 88.6 cm³/mol. The van der Waals surface area contributed by atoms with Gasteiger partial charge in [0, 0.05) is 6.54 Å². The molecule has 0 amide bonds. The minimum Gasteiger partial charge on any atom is -0.476 e. The van der Waals surface area contributed by atoms with Crippen LogP contribution in [0.4, 0.5) is 11.5 Å². The Kier molecular flexibility index (Phi) is 7.26. The van der Waals surface area contributed by atoms with Crippen LogP contribution in [0.25, 0.3) is 0 Å². The van der Waals surface area contributed by atoms with Crippen molar-refractivity contribution in [3.63, 3.8) is 0 Å². The molecular weight excluding hydrogens is 264 g/mol. The van der Waals surface area contributed by atoms with Crippen LogP contribution in [-0.2, 0) is 0 Å². The van der Waals surface area contributed by atoms with E-state index in [-0.39, 0.29) is 5.41 Å². The van der Waals surface area contributed by atoms with Gasteiger partial charge in [0.1, 0.15) is 12.0 Å². The molecule has 21 heavy (non-hydrogen) atoms. The number of rotatable bonds is 10. The summed E-state index contributed by atoms with van der Waals surface area (Å²) in [4.78, 5) is 8.30. The molecule has 1 aromatic heterocycles. The zero-order valence-electron chi connectivity index (χ0n) is 13.9. The molecule has 0 unspecified atom stereocenters. The smallest absolute Gasteiger partial charge is 0.242 e. The van der Waals surface area contributed by atoms with Crippen LogP contribution in [0.3, 0.4) is 0 Å². The fourth-order valence-electron chi connectivity index (χ4n) is 2.10. The molecule has 120 valence electrons. The van der Waals surface area contributed by atoms with Gasteiger partial charge in [-0.15, -0.1) is 0 Å². The second-order valence-corrected chi connectivity index (χ2v) is 6.26. The predicted octanol–water partition coefficient (Wildman–Crippen LogP) is 3.87. The summed E-state index contributed by atoms with van der Waals surface area (Å²) in [5.74, 6) is 1.14. The molecule has 0 atom stereocenters. The Bertz CT molecular complexity index is 421. The Morgan fingerprint density at radius 2 is 1.95 bits per heavy atom. The summed E-state index contributed by atoms with van der Waals surface area (Å²) in [6, 6.07) is 0. The van der Waals surface area contributed by atoms with Crippen molar-refractivity contribution in [1.82, 2.24) is 9.97 Å². The Morgan fingerprint density at radius 1 is 1.19 bits per heavy atom. The molecule has 0 saturated heterocycles. The molecular formula is C16H30N4O. The van der Waals surface area contributed by atoms with Gasteiger partial charge in [-0.1, -0.05) is 47.0 Å². The highest BCUT2D eigenvalue weighted by atomic mass is 16.5. The molecule has 1 aromatic rings. The van der Waals surface area contributed by atoms with E-state index < -0.39 is 0 Å². The molecule has 0 fully saturated rings. The number of aromatic nitrogens is 2. The molecule has 0 aliphatic carbocycles. The highest BCUT2D eigenvalue weighted by molar-refractivity contribution is 5.66. The van der Waals surface area contributed by atoms with Crippen LogP contribution in [-0.4, -0.2) is 23.1 Å². The van der Waals surface area contributed by atoms with Gasteiger partial charge in [0.15, 0.2) is 5.82 Å². The van der Waals surface area contributed by atoms with Crippen molar-refractivity contribution in [3.05, 3.63) is 6.33 Å². The van der Waals surface area contributed by atoms with Crippen LogP contribution in [0, 0.1) is 5.41 Å². The summed E-state index contributed by atoms with van der Waals surface area (Å²) in [6.07, 6.45) is 7.41. The van der Waals surface area contributed by atoms with Crippen molar-refractivity contribution in [1.29, 1.82) is 0 Å². The lowest BCUT2D eigenvalue weighted by molar-refractivity contribution is 0.306. The minimum absolute atomic E-state index is 0.219. The quantitative estimate of drug-likeness (QED) is 0.641. The van der Waals surface area contributed by atoms with Crippen LogP contribution in [0.5, 0.6) is 5.88 Å². The van der Waals surface area contributed by atoms with Gasteiger partial charge in [0.2, 0.25) is 5.88 Å².